The highest BCUT2D eigenvalue weighted by Crippen LogP contribution is 2.30. The van der Waals surface area contributed by atoms with Gasteiger partial charge in [-0.2, -0.15) is 13.2 Å². The van der Waals surface area contributed by atoms with Crippen LogP contribution in [0.1, 0.15) is 24.1 Å². The number of rotatable bonds is 2. The Balaban J connectivity index is 3.08. The van der Waals surface area contributed by atoms with E-state index in [2.05, 4.69) is 0 Å². The summed E-state index contributed by atoms with van der Waals surface area (Å²) in [5, 5.41) is 0. The number of ketones is 1. The van der Waals surface area contributed by atoms with E-state index < -0.39 is 17.8 Å². The minimum Gasteiger partial charge on any atom is -0.318 e. The zero-order valence-corrected chi connectivity index (χ0v) is 8.01. The highest BCUT2D eigenvalue weighted by molar-refractivity contribution is 5.82. The van der Waals surface area contributed by atoms with Crippen LogP contribution in [0.15, 0.2) is 24.3 Å². The second kappa shape index (κ2) is 4.02. The van der Waals surface area contributed by atoms with Crippen LogP contribution in [-0.4, -0.2) is 5.78 Å². The first kappa shape index (κ1) is 11.7. The van der Waals surface area contributed by atoms with Crippen molar-refractivity contribution in [1.29, 1.82) is 0 Å². The van der Waals surface area contributed by atoms with Crippen molar-refractivity contribution in [3.63, 3.8) is 0 Å². The number of hydrogen-bond acceptors (Lipinski definition) is 2. The Morgan fingerprint density at radius 3 is 2.47 bits per heavy atom. The Hall–Kier alpha value is -1.36. The van der Waals surface area contributed by atoms with Gasteiger partial charge in [0.15, 0.2) is 5.78 Å². The topological polar surface area (TPSA) is 43.1 Å². The molecular weight excluding hydrogens is 207 g/mol. The number of carbonyl (C=O) groups excluding carboxylic acids is 1. The molecule has 0 saturated heterocycles. The summed E-state index contributed by atoms with van der Waals surface area (Å²) in [6.07, 6.45) is -4.41. The minimum absolute atomic E-state index is 0.178. The lowest BCUT2D eigenvalue weighted by atomic mass is 10.0. The molecule has 5 heteroatoms. The van der Waals surface area contributed by atoms with E-state index in [1.807, 2.05) is 0 Å². The molecule has 0 aliphatic heterocycles. The van der Waals surface area contributed by atoms with E-state index in [-0.39, 0.29) is 11.3 Å². The molecule has 0 aliphatic rings. The van der Waals surface area contributed by atoms with Crippen molar-refractivity contribution in [1.82, 2.24) is 0 Å². The number of hydrogen-bond donors (Lipinski definition) is 1. The normalized spacial score (nSPS) is 13.7. The van der Waals surface area contributed by atoms with Gasteiger partial charge in [0.1, 0.15) is 0 Å². The molecule has 0 heterocycles. The van der Waals surface area contributed by atoms with Gasteiger partial charge in [0, 0.05) is 0 Å². The predicted molar refractivity (Wildman–Crippen MR) is 49.1 cm³/mol. The van der Waals surface area contributed by atoms with Crippen LogP contribution >= 0.6 is 0 Å². The number of benzene rings is 1. The predicted octanol–water partition coefficient (Wildman–Crippen LogP) is 2.29. The zero-order valence-electron chi connectivity index (χ0n) is 8.01. The van der Waals surface area contributed by atoms with Crippen molar-refractivity contribution in [2.45, 2.75) is 19.1 Å². The lowest BCUT2D eigenvalue weighted by Gasteiger charge is -2.11. The second-order valence-corrected chi connectivity index (χ2v) is 3.21. The van der Waals surface area contributed by atoms with E-state index in [1.54, 1.807) is 0 Å². The van der Waals surface area contributed by atoms with Gasteiger partial charge < -0.3 is 5.73 Å². The summed E-state index contributed by atoms with van der Waals surface area (Å²) >= 11 is 0. The summed E-state index contributed by atoms with van der Waals surface area (Å²) in [6.45, 7) is 1.24. The third-order valence-electron chi connectivity index (χ3n) is 2.01. The molecule has 0 amide bonds. The SMILES string of the molecule is CC(=O)C(N)c1cccc(C(F)(F)F)c1. The Labute approximate surface area is 84.9 Å². The van der Waals surface area contributed by atoms with Crippen LogP contribution in [0, 0.1) is 0 Å². The maximum absolute atomic E-state index is 12.3. The van der Waals surface area contributed by atoms with Crippen LogP contribution in [0.3, 0.4) is 0 Å². The average molecular weight is 217 g/mol. The Morgan fingerprint density at radius 1 is 1.40 bits per heavy atom. The number of alkyl halides is 3. The fourth-order valence-corrected chi connectivity index (χ4v) is 1.14. The largest absolute Gasteiger partial charge is 0.416 e. The summed E-state index contributed by atoms with van der Waals surface area (Å²) < 4.78 is 36.9. The molecule has 0 fully saturated rings. The number of Topliss-reactive ketones (excluding diaryl/α,β-unsaturated/α-hetero) is 1. The average Bonchev–Trinajstić information content (AvgIpc) is 2.15. The lowest BCUT2D eigenvalue weighted by Crippen LogP contribution is -2.19. The van der Waals surface area contributed by atoms with Gasteiger partial charge in [-0.1, -0.05) is 12.1 Å². The van der Waals surface area contributed by atoms with Gasteiger partial charge in [0.2, 0.25) is 0 Å². The van der Waals surface area contributed by atoms with Crippen molar-refractivity contribution in [2.24, 2.45) is 5.73 Å². The molecule has 1 rings (SSSR count). The van der Waals surface area contributed by atoms with Gasteiger partial charge in [0.25, 0.3) is 0 Å². The van der Waals surface area contributed by atoms with Crippen LogP contribution in [0.2, 0.25) is 0 Å². The molecule has 2 N–H and O–H groups in total. The van der Waals surface area contributed by atoms with E-state index in [1.165, 1.54) is 19.1 Å². The molecule has 15 heavy (non-hydrogen) atoms. The third-order valence-corrected chi connectivity index (χ3v) is 2.01. The first-order valence-electron chi connectivity index (χ1n) is 4.25. The third kappa shape index (κ3) is 2.79. The van der Waals surface area contributed by atoms with Crippen molar-refractivity contribution >= 4 is 5.78 Å². The number of nitrogens with two attached hydrogens (primary N) is 1. The maximum atomic E-state index is 12.3. The molecule has 82 valence electrons. The quantitative estimate of drug-likeness (QED) is 0.825. The van der Waals surface area contributed by atoms with E-state index >= 15 is 0 Å². The summed E-state index contributed by atoms with van der Waals surface area (Å²) in [5.41, 5.74) is 4.82. The van der Waals surface area contributed by atoms with Crippen molar-refractivity contribution < 1.29 is 18.0 Å². The van der Waals surface area contributed by atoms with Gasteiger partial charge in [-0.05, 0) is 24.6 Å². The number of carbonyl (C=O) groups is 1. The molecule has 1 aromatic rings. The van der Waals surface area contributed by atoms with Crippen LogP contribution in [0.5, 0.6) is 0 Å². The van der Waals surface area contributed by atoms with Crippen LogP contribution < -0.4 is 5.73 Å². The van der Waals surface area contributed by atoms with Gasteiger partial charge in [-0.3, -0.25) is 4.79 Å². The van der Waals surface area contributed by atoms with Crippen molar-refractivity contribution in [2.75, 3.05) is 0 Å². The first-order valence-corrected chi connectivity index (χ1v) is 4.25. The molecule has 0 saturated carbocycles. The van der Waals surface area contributed by atoms with Crippen molar-refractivity contribution in [3.8, 4) is 0 Å². The highest BCUT2D eigenvalue weighted by Gasteiger charge is 2.30. The molecule has 2 nitrogen and oxygen atoms in total. The fourth-order valence-electron chi connectivity index (χ4n) is 1.14. The summed E-state index contributed by atoms with van der Waals surface area (Å²) in [6, 6.07) is 3.48. The second-order valence-electron chi connectivity index (χ2n) is 3.21. The smallest absolute Gasteiger partial charge is 0.318 e. The standard InChI is InChI=1S/C10H10F3NO/c1-6(15)9(14)7-3-2-4-8(5-7)10(11,12)13/h2-5,9H,14H2,1H3. The molecule has 0 spiro atoms. The molecule has 1 aromatic carbocycles. The van der Waals surface area contributed by atoms with E-state index in [0.29, 0.717) is 0 Å². The molecule has 0 bridgehead atoms. The molecule has 0 radical (unpaired) electrons. The summed E-state index contributed by atoms with van der Waals surface area (Å²) in [7, 11) is 0. The molecule has 1 unspecified atom stereocenters. The van der Waals surface area contributed by atoms with Gasteiger partial charge in [-0.15, -0.1) is 0 Å². The van der Waals surface area contributed by atoms with Crippen LogP contribution in [0.25, 0.3) is 0 Å². The molecule has 0 aliphatic carbocycles. The maximum Gasteiger partial charge on any atom is 0.416 e. The molecule has 1 atom stereocenters. The number of halogens is 3. The van der Waals surface area contributed by atoms with E-state index in [9.17, 15) is 18.0 Å². The highest BCUT2D eigenvalue weighted by atomic mass is 19.4. The minimum atomic E-state index is -4.41. The van der Waals surface area contributed by atoms with Crippen LogP contribution in [0.4, 0.5) is 13.2 Å². The summed E-state index contributed by atoms with van der Waals surface area (Å²) in [4.78, 5) is 10.9. The van der Waals surface area contributed by atoms with Gasteiger partial charge in [-0.25, -0.2) is 0 Å². The van der Waals surface area contributed by atoms with E-state index in [4.69, 9.17) is 5.73 Å². The molecule has 0 aromatic heterocycles. The monoisotopic (exact) mass is 217 g/mol. The Kier molecular flexibility index (Phi) is 3.14. The fraction of sp³-hybridized carbons (Fsp3) is 0.300. The van der Waals surface area contributed by atoms with E-state index in [0.717, 1.165) is 12.1 Å². The Morgan fingerprint density at radius 2 is 2.00 bits per heavy atom. The van der Waals surface area contributed by atoms with Crippen LogP contribution in [-0.2, 0) is 11.0 Å². The van der Waals surface area contributed by atoms with Crippen molar-refractivity contribution in [3.05, 3.63) is 35.4 Å². The Bertz CT molecular complexity index is 373. The lowest BCUT2D eigenvalue weighted by molar-refractivity contribution is -0.137. The molecular formula is C10H10F3NO. The van der Waals surface area contributed by atoms with Gasteiger partial charge in [0.05, 0.1) is 11.6 Å². The zero-order chi connectivity index (χ0) is 11.6. The first-order chi connectivity index (χ1) is 6.82. The summed E-state index contributed by atoms with van der Waals surface area (Å²) in [5.74, 6) is -0.366. The van der Waals surface area contributed by atoms with Gasteiger partial charge >= 0.3 is 6.18 Å².